The number of rotatable bonds is 6. The van der Waals surface area contributed by atoms with Gasteiger partial charge >= 0.3 is 0 Å². The van der Waals surface area contributed by atoms with Crippen LogP contribution in [0.25, 0.3) is 0 Å². The molecule has 112 valence electrons. The highest BCUT2D eigenvalue weighted by Gasteiger charge is 2.16. The van der Waals surface area contributed by atoms with Crippen molar-refractivity contribution in [2.75, 3.05) is 39.1 Å². The molecule has 0 aliphatic carbocycles. The number of halogens is 1. The molecule has 0 aromatic carbocycles. The molecule has 2 rings (SSSR count). The van der Waals surface area contributed by atoms with Crippen LogP contribution in [0.15, 0.2) is 6.07 Å². The van der Waals surface area contributed by atoms with Crippen LogP contribution in [-0.4, -0.2) is 48.7 Å². The van der Waals surface area contributed by atoms with Crippen molar-refractivity contribution in [1.82, 2.24) is 14.9 Å². The summed E-state index contributed by atoms with van der Waals surface area (Å²) in [6, 6.07) is 1.76. The van der Waals surface area contributed by atoms with Gasteiger partial charge in [0.25, 0.3) is 0 Å². The Morgan fingerprint density at radius 3 is 2.85 bits per heavy atom. The van der Waals surface area contributed by atoms with Gasteiger partial charge in [0, 0.05) is 19.7 Å². The normalized spacial score (nSPS) is 17.4. The maximum absolute atomic E-state index is 5.98. The molecule has 1 fully saturated rings. The minimum Gasteiger partial charge on any atom is -0.377 e. The lowest BCUT2D eigenvalue weighted by Crippen LogP contribution is -2.30. The first-order valence-corrected chi connectivity index (χ1v) is 7.50. The third kappa shape index (κ3) is 4.89. The van der Waals surface area contributed by atoms with Crippen LogP contribution in [0.2, 0.25) is 5.15 Å². The number of nitrogens with one attached hydrogen (secondary N) is 1. The molecule has 20 heavy (non-hydrogen) atoms. The quantitative estimate of drug-likeness (QED) is 0.818. The molecule has 1 aliphatic heterocycles. The third-order valence-electron chi connectivity index (χ3n) is 3.71. The maximum atomic E-state index is 5.98. The molecule has 1 aromatic heterocycles. The Hall–Kier alpha value is -0.910. The van der Waals surface area contributed by atoms with Crippen LogP contribution in [0.4, 0.5) is 5.82 Å². The summed E-state index contributed by atoms with van der Waals surface area (Å²) in [6.07, 6.45) is 3.75. The van der Waals surface area contributed by atoms with Crippen molar-refractivity contribution in [1.29, 1.82) is 0 Å². The van der Waals surface area contributed by atoms with Crippen molar-refractivity contribution in [3.8, 4) is 0 Å². The topological polar surface area (TPSA) is 50.3 Å². The van der Waals surface area contributed by atoms with Gasteiger partial charge in [0.15, 0.2) is 5.82 Å². The molecular formula is C14H23ClN4O. The highest BCUT2D eigenvalue weighted by atomic mass is 35.5. The lowest BCUT2D eigenvalue weighted by Gasteiger charge is -2.28. The summed E-state index contributed by atoms with van der Waals surface area (Å²) < 4.78 is 5.03. The zero-order valence-electron chi connectivity index (χ0n) is 12.2. The van der Waals surface area contributed by atoms with E-state index in [0.717, 1.165) is 18.3 Å². The molecule has 0 spiro atoms. The average molecular weight is 299 g/mol. The lowest BCUT2D eigenvalue weighted by molar-refractivity contribution is 0.178. The Balaban J connectivity index is 1.78. The van der Waals surface area contributed by atoms with E-state index in [2.05, 4.69) is 27.2 Å². The highest BCUT2D eigenvalue weighted by molar-refractivity contribution is 6.29. The molecule has 0 unspecified atom stereocenters. The van der Waals surface area contributed by atoms with Crippen molar-refractivity contribution in [3.63, 3.8) is 0 Å². The monoisotopic (exact) mass is 298 g/mol. The van der Waals surface area contributed by atoms with E-state index in [0.29, 0.717) is 17.6 Å². The van der Waals surface area contributed by atoms with Crippen LogP contribution >= 0.6 is 11.6 Å². The van der Waals surface area contributed by atoms with E-state index in [1.165, 1.54) is 32.4 Å². The SMILES string of the molecule is COCc1nc(Cl)cc(NCCC2CCN(C)CC2)n1. The summed E-state index contributed by atoms with van der Waals surface area (Å²) in [4.78, 5) is 10.9. The van der Waals surface area contributed by atoms with Crippen molar-refractivity contribution in [2.45, 2.75) is 25.9 Å². The standard InChI is InChI=1S/C14H23ClN4O/c1-19-7-4-11(5-8-19)3-6-16-13-9-12(15)17-14(18-13)10-20-2/h9,11H,3-8,10H2,1-2H3,(H,16,17,18). The number of methoxy groups -OCH3 is 1. The fourth-order valence-corrected chi connectivity index (χ4v) is 2.70. The molecule has 0 saturated carbocycles. The summed E-state index contributed by atoms with van der Waals surface area (Å²) >= 11 is 5.98. The zero-order chi connectivity index (χ0) is 14.4. The summed E-state index contributed by atoms with van der Waals surface area (Å²) in [5, 5.41) is 3.79. The minimum absolute atomic E-state index is 0.379. The van der Waals surface area contributed by atoms with Crippen LogP contribution < -0.4 is 5.32 Å². The Morgan fingerprint density at radius 2 is 2.15 bits per heavy atom. The van der Waals surface area contributed by atoms with Crippen LogP contribution in [0.3, 0.4) is 0 Å². The van der Waals surface area contributed by atoms with Gasteiger partial charge in [-0.05, 0) is 45.3 Å². The maximum Gasteiger partial charge on any atom is 0.158 e. The number of anilines is 1. The number of nitrogens with zero attached hydrogens (tertiary/aromatic N) is 3. The highest BCUT2D eigenvalue weighted by Crippen LogP contribution is 2.19. The number of hydrogen-bond acceptors (Lipinski definition) is 5. The Bertz CT molecular complexity index is 422. The van der Waals surface area contributed by atoms with Crippen molar-refractivity contribution in [3.05, 3.63) is 17.0 Å². The summed E-state index contributed by atoms with van der Waals surface area (Å²) in [6.45, 7) is 3.72. The van der Waals surface area contributed by atoms with Gasteiger partial charge in [0.1, 0.15) is 17.6 Å². The van der Waals surface area contributed by atoms with E-state index in [1.54, 1.807) is 13.2 Å². The molecule has 1 N–H and O–H groups in total. The van der Waals surface area contributed by atoms with Gasteiger partial charge in [0.2, 0.25) is 0 Å². The first-order chi connectivity index (χ1) is 9.67. The smallest absolute Gasteiger partial charge is 0.158 e. The van der Waals surface area contributed by atoms with Crippen molar-refractivity contribution < 1.29 is 4.74 Å². The van der Waals surface area contributed by atoms with Gasteiger partial charge in [-0.3, -0.25) is 0 Å². The molecular weight excluding hydrogens is 276 g/mol. The van der Waals surface area contributed by atoms with Gasteiger partial charge < -0.3 is 15.0 Å². The second-order valence-corrected chi connectivity index (χ2v) is 5.77. The molecule has 1 saturated heterocycles. The summed E-state index contributed by atoms with van der Waals surface area (Å²) in [5.74, 6) is 2.21. The van der Waals surface area contributed by atoms with Gasteiger partial charge in [-0.25, -0.2) is 9.97 Å². The van der Waals surface area contributed by atoms with Gasteiger partial charge in [0.05, 0.1) is 0 Å². The van der Waals surface area contributed by atoms with Gasteiger partial charge in [-0.2, -0.15) is 0 Å². The largest absolute Gasteiger partial charge is 0.377 e. The van der Waals surface area contributed by atoms with Crippen LogP contribution in [0, 0.1) is 5.92 Å². The fraction of sp³-hybridized carbons (Fsp3) is 0.714. The Morgan fingerprint density at radius 1 is 1.40 bits per heavy atom. The summed E-state index contributed by atoms with van der Waals surface area (Å²) in [7, 11) is 3.81. The molecule has 0 atom stereocenters. The van der Waals surface area contributed by atoms with Crippen LogP contribution in [0.5, 0.6) is 0 Å². The predicted octanol–water partition coefficient (Wildman–Crippen LogP) is 2.42. The Kier molecular flexibility index (Phi) is 6.01. The zero-order valence-corrected chi connectivity index (χ0v) is 13.0. The fourth-order valence-electron chi connectivity index (χ4n) is 2.50. The van der Waals surface area contributed by atoms with Gasteiger partial charge in [-0.1, -0.05) is 11.6 Å². The minimum atomic E-state index is 0.379. The van der Waals surface area contributed by atoms with E-state index in [9.17, 15) is 0 Å². The summed E-state index contributed by atoms with van der Waals surface area (Å²) in [5.41, 5.74) is 0. The number of hydrogen-bond donors (Lipinski definition) is 1. The van der Waals surface area contributed by atoms with E-state index >= 15 is 0 Å². The Labute approximate surface area is 125 Å². The van der Waals surface area contributed by atoms with Crippen LogP contribution in [0.1, 0.15) is 25.1 Å². The molecule has 5 nitrogen and oxygen atoms in total. The molecule has 0 amide bonds. The molecule has 6 heteroatoms. The van der Waals surface area contributed by atoms with Crippen molar-refractivity contribution >= 4 is 17.4 Å². The second kappa shape index (κ2) is 7.76. The molecule has 2 heterocycles. The predicted molar refractivity (Wildman–Crippen MR) is 81.1 cm³/mol. The van der Waals surface area contributed by atoms with Crippen LogP contribution in [-0.2, 0) is 11.3 Å². The van der Waals surface area contributed by atoms with E-state index < -0.39 is 0 Å². The number of piperidine rings is 1. The average Bonchev–Trinajstić information content (AvgIpc) is 2.41. The van der Waals surface area contributed by atoms with E-state index in [4.69, 9.17) is 16.3 Å². The molecule has 1 aliphatic rings. The lowest BCUT2D eigenvalue weighted by atomic mass is 9.94. The first kappa shape index (κ1) is 15.5. The number of ether oxygens (including phenoxy) is 1. The first-order valence-electron chi connectivity index (χ1n) is 7.12. The van der Waals surface area contributed by atoms with Crippen molar-refractivity contribution in [2.24, 2.45) is 5.92 Å². The van der Waals surface area contributed by atoms with E-state index in [1.807, 2.05) is 0 Å². The van der Waals surface area contributed by atoms with Gasteiger partial charge in [-0.15, -0.1) is 0 Å². The molecule has 0 bridgehead atoms. The molecule has 0 radical (unpaired) electrons. The second-order valence-electron chi connectivity index (χ2n) is 5.39. The number of aromatic nitrogens is 2. The molecule has 1 aromatic rings. The third-order valence-corrected chi connectivity index (χ3v) is 3.91. The number of likely N-dealkylation sites (tertiary alicyclic amines) is 1. The van der Waals surface area contributed by atoms with E-state index in [-0.39, 0.29) is 0 Å².